The lowest BCUT2D eigenvalue weighted by molar-refractivity contribution is -0.149. The lowest BCUT2D eigenvalue weighted by Crippen LogP contribution is -2.55. The lowest BCUT2D eigenvalue weighted by atomic mass is 9.99. The number of nitrogens with zero attached hydrogens (tertiary/aromatic N) is 1. The standard InChI is InChI=1S/C19H23NO5/c1-5-7-13-11-14(12-16(23-3)17(13)25-10-6-2)18(21)20-9-8-15(20)19(22)24-4/h5-6,11-12,15H,1-2,7-10H2,3-4H3. The molecule has 1 fully saturated rings. The van der Waals surface area contributed by atoms with Gasteiger partial charge in [-0.2, -0.15) is 0 Å². The van der Waals surface area contributed by atoms with Gasteiger partial charge < -0.3 is 19.1 Å². The van der Waals surface area contributed by atoms with Crippen molar-refractivity contribution in [2.45, 2.75) is 18.9 Å². The quantitative estimate of drug-likeness (QED) is 0.535. The molecule has 0 spiro atoms. The van der Waals surface area contributed by atoms with E-state index in [1.165, 1.54) is 19.1 Å². The van der Waals surface area contributed by atoms with Crippen molar-refractivity contribution in [1.82, 2.24) is 4.90 Å². The van der Waals surface area contributed by atoms with Crippen LogP contribution in [0.25, 0.3) is 0 Å². The molecule has 1 unspecified atom stereocenters. The van der Waals surface area contributed by atoms with E-state index in [2.05, 4.69) is 13.2 Å². The third-order valence-electron chi connectivity index (χ3n) is 4.06. The van der Waals surface area contributed by atoms with Gasteiger partial charge in [0.1, 0.15) is 12.6 Å². The second-order valence-electron chi connectivity index (χ2n) is 5.59. The molecule has 0 bridgehead atoms. The number of esters is 1. The van der Waals surface area contributed by atoms with Crippen LogP contribution in [0.5, 0.6) is 11.5 Å². The van der Waals surface area contributed by atoms with Gasteiger partial charge in [0.2, 0.25) is 0 Å². The number of benzene rings is 1. The van der Waals surface area contributed by atoms with Gasteiger partial charge in [0.25, 0.3) is 5.91 Å². The minimum absolute atomic E-state index is 0.236. The van der Waals surface area contributed by atoms with Gasteiger partial charge in [-0.05, 0) is 25.0 Å². The van der Waals surface area contributed by atoms with E-state index in [-0.39, 0.29) is 5.91 Å². The Morgan fingerprint density at radius 2 is 2.04 bits per heavy atom. The van der Waals surface area contributed by atoms with E-state index in [0.29, 0.717) is 43.1 Å². The maximum absolute atomic E-state index is 12.8. The molecule has 2 rings (SSSR count). The number of amides is 1. The molecule has 134 valence electrons. The molecule has 0 aromatic heterocycles. The van der Waals surface area contributed by atoms with Gasteiger partial charge in [0, 0.05) is 17.7 Å². The summed E-state index contributed by atoms with van der Waals surface area (Å²) in [4.78, 5) is 26.0. The lowest BCUT2D eigenvalue weighted by Gasteiger charge is -2.38. The summed E-state index contributed by atoms with van der Waals surface area (Å²) in [6.45, 7) is 8.22. The second-order valence-corrected chi connectivity index (χ2v) is 5.59. The van der Waals surface area contributed by atoms with Crippen LogP contribution < -0.4 is 9.47 Å². The average molecular weight is 345 g/mol. The fraction of sp³-hybridized carbons (Fsp3) is 0.368. The van der Waals surface area contributed by atoms with Crippen LogP contribution in [0.15, 0.2) is 37.4 Å². The number of allylic oxidation sites excluding steroid dienone is 1. The monoisotopic (exact) mass is 345 g/mol. The molecule has 6 heteroatoms. The van der Waals surface area contributed by atoms with Gasteiger partial charge in [-0.1, -0.05) is 18.7 Å². The molecule has 6 nitrogen and oxygen atoms in total. The van der Waals surface area contributed by atoms with Crippen LogP contribution in [-0.4, -0.2) is 50.2 Å². The first-order chi connectivity index (χ1) is 12.1. The molecule has 1 aliphatic heterocycles. The van der Waals surface area contributed by atoms with E-state index < -0.39 is 12.0 Å². The molecule has 1 heterocycles. The number of rotatable bonds is 8. The largest absolute Gasteiger partial charge is 0.493 e. The predicted octanol–water partition coefficient (Wildman–Crippen LogP) is 2.38. The third-order valence-corrected chi connectivity index (χ3v) is 4.06. The maximum atomic E-state index is 12.8. The van der Waals surface area contributed by atoms with Crippen molar-refractivity contribution in [2.24, 2.45) is 0 Å². The van der Waals surface area contributed by atoms with Crippen LogP contribution in [0.3, 0.4) is 0 Å². The predicted molar refractivity (Wildman–Crippen MR) is 94.0 cm³/mol. The molecule has 1 aliphatic rings. The Hall–Kier alpha value is -2.76. The van der Waals surface area contributed by atoms with E-state index in [4.69, 9.17) is 14.2 Å². The summed E-state index contributed by atoms with van der Waals surface area (Å²) in [5.74, 6) is 0.385. The summed E-state index contributed by atoms with van der Waals surface area (Å²) in [6.07, 6.45) is 4.49. The van der Waals surface area contributed by atoms with E-state index in [1.54, 1.807) is 24.3 Å². The third kappa shape index (κ3) is 3.84. The smallest absolute Gasteiger partial charge is 0.328 e. The van der Waals surface area contributed by atoms with Crippen LogP contribution in [-0.2, 0) is 16.0 Å². The highest BCUT2D eigenvalue weighted by Crippen LogP contribution is 2.35. The van der Waals surface area contributed by atoms with Crippen molar-refractivity contribution in [3.05, 3.63) is 48.6 Å². The van der Waals surface area contributed by atoms with Gasteiger partial charge in [-0.25, -0.2) is 4.79 Å². The number of carbonyl (C=O) groups is 2. The minimum atomic E-state index is -0.525. The molecular weight excluding hydrogens is 322 g/mol. The normalized spacial score (nSPS) is 15.8. The summed E-state index contributed by atoms with van der Waals surface area (Å²) >= 11 is 0. The number of ether oxygens (including phenoxy) is 3. The number of likely N-dealkylation sites (tertiary alicyclic amines) is 1. The van der Waals surface area contributed by atoms with Crippen LogP contribution in [0.2, 0.25) is 0 Å². The molecule has 1 aromatic carbocycles. The van der Waals surface area contributed by atoms with Crippen molar-refractivity contribution in [1.29, 1.82) is 0 Å². The molecule has 1 amide bonds. The first kappa shape index (κ1) is 18.6. The van der Waals surface area contributed by atoms with E-state index in [0.717, 1.165) is 5.56 Å². The van der Waals surface area contributed by atoms with E-state index in [1.807, 2.05) is 0 Å². The number of methoxy groups -OCH3 is 2. The molecule has 0 radical (unpaired) electrons. The first-order valence-electron chi connectivity index (χ1n) is 8.01. The number of hydrogen-bond donors (Lipinski definition) is 0. The Morgan fingerprint density at radius 1 is 1.28 bits per heavy atom. The number of hydrogen-bond acceptors (Lipinski definition) is 5. The average Bonchev–Trinajstić information content (AvgIpc) is 2.59. The van der Waals surface area contributed by atoms with Crippen molar-refractivity contribution in [3.8, 4) is 11.5 Å². The van der Waals surface area contributed by atoms with Crippen molar-refractivity contribution in [3.63, 3.8) is 0 Å². The Kier molecular flexibility index (Phi) is 6.22. The zero-order valence-corrected chi connectivity index (χ0v) is 14.6. The highest BCUT2D eigenvalue weighted by molar-refractivity contribution is 5.98. The van der Waals surface area contributed by atoms with Gasteiger partial charge in [0.05, 0.1) is 14.2 Å². The molecule has 25 heavy (non-hydrogen) atoms. The summed E-state index contributed by atoms with van der Waals surface area (Å²) in [5.41, 5.74) is 1.22. The van der Waals surface area contributed by atoms with Crippen molar-refractivity contribution in [2.75, 3.05) is 27.4 Å². The maximum Gasteiger partial charge on any atom is 0.328 e. The fourth-order valence-corrected chi connectivity index (χ4v) is 2.73. The Balaban J connectivity index is 2.35. The molecule has 1 atom stereocenters. The van der Waals surface area contributed by atoms with Gasteiger partial charge in [-0.3, -0.25) is 4.79 Å². The van der Waals surface area contributed by atoms with Gasteiger partial charge in [0.15, 0.2) is 11.5 Å². The highest BCUT2D eigenvalue weighted by atomic mass is 16.5. The van der Waals surface area contributed by atoms with E-state index in [9.17, 15) is 9.59 Å². The van der Waals surface area contributed by atoms with Gasteiger partial charge in [-0.15, -0.1) is 6.58 Å². The van der Waals surface area contributed by atoms with Crippen LogP contribution >= 0.6 is 0 Å². The topological polar surface area (TPSA) is 65.1 Å². The van der Waals surface area contributed by atoms with Crippen molar-refractivity contribution >= 4 is 11.9 Å². The summed E-state index contributed by atoms with van der Waals surface area (Å²) in [7, 11) is 2.84. The molecule has 0 N–H and O–H groups in total. The minimum Gasteiger partial charge on any atom is -0.493 e. The van der Waals surface area contributed by atoms with E-state index >= 15 is 0 Å². The molecule has 1 aromatic rings. The first-order valence-corrected chi connectivity index (χ1v) is 8.01. The Bertz CT molecular complexity index is 683. The van der Waals surface area contributed by atoms with Crippen LogP contribution in [0, 0.1) is 0 Å². The Morgan fingerprint density at radius 3 is 2.56 bits per heavy atom. The van der Waals surface area contributed by atoms with Crippen molar-refractivity contribution < 1.29 is 23.8 Å². The number of carbonyl (C=O) groups excluding carboxylic acids is 2. The molecule has 0 aliphatic carbocycles. The molecule has 0 saturated carbocycles. The molecule has 1 saturated heterocycles. The summed E-state index contributed by atoms with van der Waals surface area (Å²) in [6, 6.07) is 2.85. The molecular formula is C19H23NO5. The van der Waals surface area contributed by atoms with Crippen LogP contribution in [0.1, 0.15) is 22.3 Å². The Labute approximate surface area is 147 Å². The fourth-order valence-electron chi connectivity index (χ4n) is 2.73. The van der Waals surface area contributed by atoms with Gasteiger partial charge >= 0.3 is 5.97 Å². The zero-order chi connectivity index (χ0) is 18.4. The van der Waals surface area contributed by atoms with Crippen LogP contribution in [0.4, 0.5) is 0 Å². The zero-order valence-electron chi connectivity index (χ0n) is 14.6. The summed E-state index contributed by atoms with van der Waals surface area (Å²) < 4.78 is 15.8. The highest BCUT2D eigenvalue weighted by Gasteiger charge is 2.39. The summed E-state index contributed by atoms with van der Waals surface area (Å²) in [5, 5.41) is 0. The SMILES string of the molecule is C=CCOc1c(CC=C)cc(C(=O)N2CCC2C(=O)OC)cc1OC. The second kappa shape index (κ2) is 8.37.